The van der Waals surface area contributed by atoms with Crippen LogP contribution in [0, 0.1) is 0 Å². The number of hydrogen-bond donors (Lipinski definition) is 2. The third-order valence-corrected chi connectivity index (χ3v) is 3.67. The van der Waals surface area contributed by atoms with Crippen molar-refractivity contribution in [1.82, 2.24) is 20.2 Å². The van der Waals surface area contributed by atoms with Crippen LogP contribution in [0.25, 0.3) is 10.2 Å². The number of amides is 3. The van der Waals surface area contributed by atoms with Gasteiger partial charge in [-0.2, -0.15) is 0 Å². The number of aromatic nitrogens is 2. The number of esters is 1. The summed E-state index contributed by atoms with van der Waals surface area (Å²) in [4.78, 5) is 50.5. The van der Waals surface area contributed by atoms with Crippen molar-refractivity contribution in [3.8, 4) is 0 Å². The summed E-state index contributed by atoms with van der Waals surface area (Å²) in [5.41, 5.74) is -0.235. The molecule has 2 aromatic heterocycles. The highest BCUT2D eigenvalue weighted by molar-refractivity contribution is 7.16. The van der Waals surface area contributed by atoms with Crippen LogP contribution in [0.3, 0.4) is 0 Å². The van der Waals surface area contributed by atoms with Gasteiger partial charge < -0.3 is 10.1 Å². The molecule has 10 heteroatoms. The zero-order valence-corrected chi connectivity index (χ0v) is 13.0. The lowest BCUT2D eigenvalue weighted by Crippen LogP contribution is -2.39. The number of urea groups is 1. The number of thiophene rings is 1. The highest BCUT2D eigenvalue weighted by Gasteiger charge is 2.11. The smallest absolute Gasteiger partial charge is 0.321 e. The molecule has 0 saturated carbocycles. The molecule has 9 nitrogen and oxygen atoms in total. The van der Waals surface area contributed by atoms with Crippen LogP contribution in [0.4, 0.5) is 4.79 Å². The second-order valence-electron chi connectivity index (χ2n) is 4.42. The number of rotatable bonds is 5. The Kier molecular flexibility index (Phi) is 5.41. The van der Waals surface area contributed by atoms with Gasteiger partial charge in [0.1, 0.15) is 4.83 Å². The molecule has 0 fully saturated rings. The lowest BCUT2D eigenvalue weighted by molar-refractivity contribution is -0.148. The van der Waals surface area contributed by atoms with Crippen molar-refractivity contribution in [3.05, 3.63) is 28.1 Å². The number of carbonyl (C=O) groups excluding carboxylic acids is 3. The third kappa shape index (κ3) is 4.36. The first-order chi connectivity index (χ1) is 11.0. The zero-order valence-electron chi connectivity index (χ0n) is 12.2. The van der Waals surface area contributed by atoms with Crippen LogP contribution < -0.4 is 16.2 Å². The normalized spacial score (nSPS) is 10.3. The number of aryl methyl sites for hydroxylation is 1. The van der Waals surface area contributed by atoms with Crippen LogP contribution in [0.5, 0.6) is 0 Å². The zero-order chi connectivity index (χ0) is 16.8. The van der Waals surface area contributed by atoms with Crippen molar-refractivity contribution >= 4 is 39.5 Å². The van der Waals surface area contributed by atoms with Crippen molar-refractivity contribution in [3.63, 3.8) is 0 Å². The number of nitrogens with one attached hydrogen (secondary N) is 2. The van der Waals surface area contributed by atoms with E-state index in [1.807, 2.05) is 5.32 Å². The van der Waals surface area contributed by atoms with Crippen LogP contribution in [-0.4, -0.2) is 41.1 Å². The summed E-state index contributed by atoms with van der Waals surface area (Å²) in [5.74, 6) is -1.40. The molecule has 3 amide bonds. The Labute approximate surface area is 134 Å². The largest absolute Gasteiger partial charge is 0.456 e. The molecule has 2 N–H and O–H groups in total. The van der Waals surface area contributed by atoms with Crippen molar-refractivity contribution in [1.29, 1.82) is 0 Å². The van der Waals surface area contributed by atoms with E-state index >= 15 is 0 Å². The molecule has 0 atom stereocenters. The van der Waals surface area contributed by atoms with E-state index in [1.165, 1.54) is 29.3 Å². The monoisotopic (exact) mass is 338 g/mol. The molecule has 122 valence electrons. The van der Waals surface area contributed by atoms with Gasteiger partial charge in [0.2, 0.25) is 0 Å². The van der Waals surface area contributed by atoms with Crippen molar-refractivity contribution < 1.29 is 19.1 Å². The highest BCUT2D eigenvalue weighted by Crippen LogP contribution is 2.13. The summed E-state index contributed by atoms with van der Waals surface area (Å²) in [6.07, 6.45) is 1.28. The van der Waals surface area contributed by atoms with E-state index in [0.717, 1.165) is 0 Å². The maximum absolute atomic E-state index is 12.1. The van der Waals surface area contributed by atoms with E-state index in [0.29, 0.717) is 10.2 Å². The molecule has 0 saturated heterocycles. The Balaban J connectivity index is 1.84. The Morgan fingerprint density at radius 3 is 2.91 bits per heavy atom. The van der Waals surface area contributed by atoms with E-state index in [4.69, 9.17) is 4.74 Å². The standard InChI is InChI=1S/C13H14N4O5S/c1-14-13(21)16-9(18)6-22-10(19)2-4-17-7-15-11-8(12(17)20)3-5-23-11/h3,5,7H,2,4,6H2,1H3,(H2,14,16,18,21). The van der Waals surface area contributed by atoms with Gasteiger partial charge in [0, 0.05) is 13.6 Å². The first kappa shape index (κ1) is 16.6. The van der Waals surface area contributed by atoms with Gasteiger partial charge in [0.25, 0.3) is 11.5 Å². The molecule has 0 bridgehead atoms. The quantitative estimate of drug-likeness (QED) is 0.732. The molecular formula is C13H14N4O5S. The lowest BCUT2D eigenvalue weighted by Gasteiger charge is -2.06. The summed E-state index contributed by atoms with van der Waals surface area (Å²) in [6.45, 7) is -0.476. The molecule has 2 rings (SSSR count). The molecule has 0 aliphatic carbocycles. The van der Waals surface area contributed by atoms with E-state index in [9.17, 15) is 19.2 Å². The Hall–Kier alpha value is -2.75. The summed E-state index contributed by atoms with van der Waals surface area (Å²) >= 11 is 1.36. The lowest BCUT2D eigenvalue weighted by atomic mass is 10.4. The molecule has 2 heterocycles. The van der Waals surface area contributed by atoms with Crippen LogP contribution in [0.1, 0.15) is 6.42 Å². The number of ether oxygens (including phenoxy) is 1. The summed E-state index contributed by atoms with van der Waals surface area (Å²) < 4.78 is 6.03. The topological polar surface area (TPSA) is 119 Å². The van der Waals surface area contributed by atoms with Crippen LogP contribution in [0.2, 0.25) is 0 Å². The fourth-order valence-corrected chi connectivity index (χ4v) is 2.43. The molecule has 0 radical (unpaired) electrons. The maximum Gasteiger partial charge on any atom is 0.321 e. The van der Waals surface area contributed by atoms with E-state index in [1.54, 1.807) is 11.4 Å². The number of carbonyl (C=O) groups is 3. The SMILES string of the molecule is CNC(=O)NC(=O)COC(=O)CCn1cnc2sccc2c1=O. The second-order valence-corrected chi connectivity index (χ2v) is 5.32. The molecule has 0 spiro atoms. The molecule has 0 aromatic carbocycles. The highest BCUT2D eigenvalue weighted by atomic mass is 32.1. The van der Waals surface area contributed by atoms with Gasteiger partial charge >= 0.3 is 12.0 Å². The molecule has 0 aliphatic heterocycles. The van der Waals surface area contributed by atoms with Gasteiger partial charge in [0.05, 0.1) is 18.1 Å². The van der Waals surface area contributed by atoms with Crippen LogP contribution in [0.15, 0.2) is 22.6 Å². The van der Waals surface area contributed by atoms with Gasteiger partial charge in [-0.05, 0) is 11.4 Å². The van der Waals surface area contributed by atoms with Crippen molar-refractivity contribution in [2.24, 2.45) is 0 Å². The predicted octanol–water partition coefficient (Wildman–Crippen LogP) is -0.153. The minimum absolute atomic E-state index is 0.0908. The molecule has 0 unspecified atom stereocenters. The van der Waals surface area contributed by atoms with Crippen LogP contribution >= 0.6 is 11.3 Å². The number of nitrogens with zero attached hydrogens (tertiary/aromatic N) is 2. The Bertz CT molecular complexity index is 797. The summed E-state index contributed by atoms with van der Waals surface area (Å²) in [7, 11) is 1.35. The van der Waals surface area contributed by atoms with Crippen molar-refractivity contribution in [2.75, 3.05) is 13.7 Å². The summed E-state index contributed by atoms with van der Waals surface area (Å²) in [5, 5.41) is 6.41. The van der Waals surface area contributed by atoms with Crippen molar-refractivity contribution in [2.45, 2.75) is 13.0 Å². The fraction of sp³-hybridized carbons (Fsp3) is 0.308. The van der Waals surface area contributed by atoms with Gasteiger partial charge in [-0.25, -0.2) is 9.78 Å². The molecule has 0 aliphatic rings. The van der Waals surface area contributed by atoms with E-state index < -0.39 is 24.5 Å². The van der Waals surface area contributed by atoms with E-state index in [-0.39, 0.29) is 18.5 Å². The number of hydrogen-bond acceptors (Lipinski definition) is 7. The fourth-order valence-electron chi connectivity index (χ4n) is 1.71. The first-order valence-electron chi connectivity index (χ1n) is 6.61. The van der Waals surface area contributed by atoms with E-state index in [2.05, 4.69) is 10.3 Å². The Morgan fingerprint density at radius 1 is 1.39 bits per heavy atom. The molecule has 23 heavy (non-hydrogen) atoms. The van der Waals surface area contributed by atoms with Gasteiger partial charge in [0.15, 0.2) is 6.61 Å². The minimum Gasteiger partial charge on any atom is -0.456 e. The van der Waals surface area contributed by atoms with Gasteiger partial charge in [-0.15, -0.1) is 11.3 Å². The molecular weight excluding hydrogens is 324 g/mol. The minimum atomic E-state index is -0.740. The predicted molar refractivity (Wildman–Crippen MR) is 82.1 cm³/mol. The second kappa shape index (κ2) is 7.49. The summed E-state index contributed by atoms with van der Waals surface area (Å²) in [6, 6.07) is 0.987. The maximum atomic E-state index is 12.1. The average molecular weight is 338 g/mol. The molecule has 2 aromatic rings. The van der Waals surface area contributed by atoms with Gasteiger partial charge in [-0.1, -0.05) is 0 Å². The number of imide groups is 1. The van der Waals surface area contributed by atoms with Crippen LogP contribution in [-0.2, 0) is 20.9 Å². The average Bonchev–Trinajstić information content (AvgIpc) is 3.01. The first-order valence-corrected chi connectivity index (χ1v) is 7.49. The van der Waals surface area contributed by atoms with Gasteiger partial charge in [-0.3, -0.25) is 24.3 Å². The third-order valence-electron chi connectivity index (χ3n) is 2.85. The Morgan fingerprint density at radius 2 is 2.17 bits per heavy atom. The number of fused-ring (bicyclic) bond motifs is 1.